The molecule has 0 bridgehead atoms. The predicted octanol–water partition coefficient (Wildman–Crippen LogP) is 3.56. The van der Waals surface area contributed by atoms with E-state index in [1.165, 1.54) is 0 Å². The molecule has 1 saturated heterocycles. The molecule has 6 heteroatoms. The van der Waals surface area contributed by atoms with Gasteiger partial charge in [-0.05, 0) is 41.0 Å². The number of nitrogens with zero attached hydrogens (tertiary/aromatic N) is 1. The average molecular weight is 445 g/mol. The molecule has 33 heavy (non-hydrogen) atoms. The fourth-order valence-corrected chi connectivity index (χ4v) is 3.99. The molecule has 3 aromatic rings. The molecule has 1 aliphatic heterocycles. The topological polar surface area (TPSA) is 67.9 Å². The molecule has 2 amide bonds. The molecule has 6 nitrogen and oxygen atoms in total. The Bertz CT molecular complexity index is 1080. The Balaban J connectivity index is 1.50. The number of nitrogens with one attached hydrogen (secondary N) is 1. The SMILES string of the molecule is COCCOc1ccc(C(=O)N2CCNC(=O)[C@H]2Cc2cccc(-c3ccccc3)c2)cc1. The molecule has 170 valence electrons. The molecular formula is C27H28N2O4. The van der Waals surface area contributed by atoms with Crippen LogP contribution in [0.5, 0.6) is 5.75 Å². The minimum atomic E-state index is -0.560. The van der Waals surface area contributed by atoms with E-state index in [-0.39, 0.29) is 11.8 Å². The molecule has 3 aromatic carbocycles. The third kappa shape index (κ3) is 5.59. The zero-order valence-electron chi connectivity index (χ0n) is 18.7. The maximum atomic E-state index is 13.3. The van der Waals surface area contributed by atoms with Gasteiger partial charge in [0, 0.05) is 32.2 Å². The summed E-state index contributed by atoms with van der Waals surface area (Å²) in [5, 5.41) is 2.91. The molecule has 0 saturated carbocycles. The van der Waals surface area contributed by atoms with Crippen molar-refractivity contribution in [2.24, 2.45) is 0 Å². The maximum Gasteiger partial charge on any atom is 0.254 e. The first kappa shape index (κ1) is 22.6. The van der Waals surface area contributed by atoms with Crippen LogP contribution in [0.25, 0.3) is 11.1 Å². The summed E-state index contributed by atoms with van der Waals surface area (Å²) in [4.78, 5) is 27.7. The molecule has 1 aliphatic rings. The molecule has 1 heterocycles. The lowest BCUT2D eigenvalue weighted by Gasteiger charge is -2.35. The number of rotatable bonds is 8. The highest BCUT2D eigenvalue weighted by molar-refractivity contribution is 5.98. The van der Waals surface area contributed by atoms with Gasteiger partial charge in [-0.25, -0.2) is 0 Å². The fraction of sp³-hybridized carbons (Fsp3) is 0.259. The third-order valence-electron chi connectivity index (χ3n) is 5.71. The van der Waals surface area contributed by atoms with Crippen LogP contribution in [0, 0.1) is 0 Å². The molecule has 1 fully saturated rings. The first-order valence-corrected chi connectivity index (χ1v) is 11.1. The van der Waals surface area contributed by atoms with Gasteiger partial charge >= 0.3 is 0 Å². The molecule has 0 aromatic heterocycles. The van der Waals surface area contributed by atoms with E-state index in [1.807, 2.05) is 30.3 Å². The summed E-state index contributed by atoms with van der Waals surface area (Å²) in [6.45, 7) is 1.86. The van der Waals surface area contributed by atoms with Crippen molar-refractivity contribution in [2.75, 3.05) is 33.4 Å². The number of hydrogen-bond acceptors (Lipinski definition) is 4. The van der Waals surface area contributed by atoms with Gasteiger partial charge < -0.3 is 19.7 Å². The highest BCUT2D eigenvalue weighted by Crippen LogP contribution is 2.23. The van der Waals surface area contributed by atoms with E-state index >= 15 is 0 Å². The average Bonchev–Trinajstić information content (AvgIpc) is 2.86. The van der Waals surface area contributed by atoms with Gasteiger partial charge in [-0.3, -0.25) is 9.59 Å². The van der Waals surface area contributed by atoms with Crippen molar-refractivity contribution < 1.29 is 19.1 Å². The second-order valence-electron chi connectivity index (χ2n) is 7.94. The van der Waals surface area contributed by atoms with Crippen LogP contribution in [0.2, 0.25) is 0 Å². The van der Waals surface area contributed by atoms with Gasteiger partial charge in [0.25, 0.3) is 5.91 Å². The fourth-order valence-electron chi connectivity index (χ4n) is 3.99. The van der Waals surface area contributed by atoms with Crippen LogP contribution in [0.15, 0.2) is 78.9 Å². The summed E-state index contributed by atoms with van der Waals surface area (Å²) in [6.07, 6.45) is 0.455. The summed E-state index contributed by atoms with van der Waals surface area (Å²) >= 11 is 0. The lowest BCUT2D eigenvalue weighted by molar-refractivity contribution is -0.127. The van der Waals surface area contributed by atoms with E-state index in [4.69, 9.17) is 9.47 Å². The minimum Gasteiger partial charge on any atom is -0.491 e. The second-order valence-corrected chi connectivity index (χ2v) is 7.94. The van der Waals surface area contributed by atoms with Gasteiger partial charge in [0.1, 0.15) is 18.4 Å². The molecule has 0 aliphatic carbocycles. The summed E-state index contributed by atoms with van der Waals surface area (Å²) < 4.78 is 10.6. The highest BCUT2D eigenvalue weighted by Gasteiger charge is 2.33. The summed E-state index contributed by atoms with van der Waals surface area (Å²) in [5.74, 6) is 0.394. The van der Waals surface area contributed by atoms with Crippen molar-refractivity contribution in [3.05, 3.63) is 90.0 Å². The highest BCUT2D eigenvalue weighted by atomic mass is 16.5. The van der Waals surface area contributed by atoms with Crippen LogP contribution in [0.1, 0.15) is 15.9 Å². The number of benzene rings is 3. The van der Waals surface area contributed by atoms with Crippen LogP contribution < -0.4 is 10.1 Å². The number of carbonyl (C=O) groups excluding carboxylic acids is 2. The quantitative estimate of drug-likeness (QED) is 0.540. The Labute approximate surface area is 194 Å². The van der Waals surface area contributed by atoms with Crippen LogP contribution in [0.3, 0.4) is 0 Å². The number of ether oxygens (including phenoxy) is 2. The Kier molecular flexibility index (Phi) is 7.37. The van der Waals surface area contributed by atoms with E-state index in [0.717, 1.165) is 16.7 Å². The van der Waals surface area contributed by atoms with Gasteiger partial charge in [-0.2, -0.15) is 0 Å². The van der Waals surface area contributed by atoms with Gasteiger partial charge in [-0.15, -0.1) is 0 Å². The smallest absolute Gasteiger partial charge is 0.254 e. The van der Waals surface area contributed by atoms with Crippen molar-refractivity contribution in [3.8, 4) is 16.9 Å². The predicted molar refractivity (Wildman–Crippen MR) is 127 cm³/mol. The van der Waals surface area contributed by atoms with Crippen LogP contribution >= 0.6 is 0 Å². The van der Waals surface area contributed by atoms with E-state index in [9.17, 15) is 9.59 Å². The molecule has 0 radical (unpaired) electrons. The Morgan fingerprint density at radius 2 is 1.73 bits per heavy atom. The normalized spacial score (nSPS) is 15.7. The summed E-state index contributed by atoms with van der Waals surface area (Å²) in [7, 11) is 1.62. The van der Waals surface area contributed by atoms with Gasteiger partial charge in [-0.1, -0.05) is 54.6 Å². The lowest BCUT2D eigenvalue weighted by atomic mass is 9.97. The van der Waals surface area contributed by atoms with E-state index < -0.39 is 6.04 Å². The number of methoxy groups -OCH3 is 1. The molecule has 0 spiro atoms. The molecule has 4 rings (SSSR count). The van der Waals surface area contributed by atoms with Gasteiger partial charge in [0.15, 0.2) is 0 Å². The standard InChI is InChI=1S/C27H28N2O4/c1-32-16-17-33-24-12-10-22(11-13-24)27(31)29-15-14-28-26(30)25(29)19-20-6-5-9-23(18-20)21-7-3-2-4-8-21/h2-13,18,25H,14-17,19H2,1H3,(H,28,30)/t25-/m1/s1. The lowest BCUT2D eigenvalue weighted by Crippen LogP contribution is -2.58. The Morgan fingerprint density at radius 1 is 0.970 bits per heavy atom. The first-order chi connectivity index (χ1) is 16.2. The van der Waals surface area contributed by atoms with E-state index in [2.05, 4.69) is 29.6 Å². The summed E-state index contributed by atoms with van der Waals surface area (Å²) in [6, 6.07) is 24.7. The molecule has 1 N–H and O–H groups in total. The molecule has 1 atom stereocenters. The van der Waals surface area contributed by atoms with Crippen molar-refractivity contribution in [1.82, 2.24) is 10.2 Å². The van der Waals surface area contributed by atoms with Crippen LogP contribution in [0.4, 0.5) is 0 Å². The minimum absolute atomic E-state index is 0.126. The number of carbonyl (C=O) groups is 2. The van der Waals surface area contributed by atoms with Crippen molar-refractivity contribution in [3.63, 3.8) is 0 Å². The van der Waals surface area contributed by atoms with E-state index in [0.29, 0.717) is 44.0 Å². The molecule has 0 unspecified atom stereocenters. The summed E-state index contributed by atoms with van der Waals surface area (Å²) in [5.41, 5.74) is 3.75. The van der Waals surface area contributed by atoms with Gasteiger partial charge in [0.05, 0.1) is 6.61 Å². The van der Waals surface area contributed by atoms with Crippen molar-refractivity contribution >= 4 is 11.8 Å². The number of piperazine rings is 1. The Hall–Kier alpha value is -3.64. The monoisotopic (exact) mass is 444 g/mol. The maximum absolute atomic E-state index is 13.3. The zero-order chi connectivity index (χ0) is 23.0. The number of amides is 2. The van der Waals surface area contributed by atoms with Gasteiger partial charge in [0.2, 0.25) is 5.91 Å². The molecular weight excluding hydrogens is 416 g/mol. The van der Waals surface area contributed by atoms with Crippen molar-refractivity contribution in [2.45, 2.75) is 12.5 Å². The first-order valence-electron chi connectivity index (χ1n) is 11.1. The van der Waals surface area contributed by atoms with Crippen LogP contribution in [-0.4, -0.2) is 56.2 Å². The zero-order valence-corrected chi connectivity index (χ0v) is 18.7. The van der Waals surface area contributed by atoms with Crippen LogP contribution in [-0.2, 0) is 16.0 Å². The number of hydrogen-bond donors (Lipinski definition) is 1. The van der Waals surface area contributed by atoms with E-state index in [1.54, 1.807) is 36.3 Å². The second kappa shape index (κ2) is 10.8. The Morgan fingerprint density at radius 3 is 2.48 bits per heavy atom. The van der Waals surface area contributed by atoms with Crippen molar-refractivity contribution in [1.29, 1.82) is 0 Å². The third-order valence-corrected chi connectivity index (χ3v) is 5.71. The largest absolute Gasteiger partial charge is 0.491 e.